The van der Waals surface area contributed by atoms with E-state index < -0.39 is 0 Å². The van der Waals surface area contributed by atoms with Gasteiger partial charge >= 0.3 is 5.97 Å². The number of allylic oxidation sites excluding steroid dienone is 1. The minimum atomic E-state index is -0.368. The van der Waals surface area contributed by atoms with Crippen LogP contribution in [0.15, 0.2) is 54.6 Å². The largest absolute Gasteiger partial charge is 0.423 e. The molecule has 0 aliphatic rings. The summed E-state index contributed by atoms with van der Waals surface area (Å²) in [6.07, 6.45) is 3.94. The summed E-state index contributed by atoms with van der Waals surface area (Å²) in [4.78, 5) is 12.0. The number of esters is 1. The van der Waals surface area contributed by atoms with Crippen LogP contribution in [0.4, 0.5) is 0 Å². The van der Waals surface area contributed by atoms with Crippen LogP contribution in [-0.2, 0) is 6.54 Å². The van der Waals surface area contributed by atoms with Crippen molar-refractivity contribution in [3.8, 4) is 5.75 Å². The number of benzene rings is 2. The second-order valence-corrected chi connectivity index (χ2v) is 4.36. The van der Waals surface area contributed by atoms with Gasteiger partial charge in [0, 0.05) is 6.54 Å². The van der Waals surface area contributed by atoms with E-state index in [0.29, 0.717) is 17.9 Å². The molecule has 0 atom stereocenters. The molecule has 0 aliphatic heterocycles. The molecule has 0 saturated carbocycles. The normalized spacial score (nSPS) is 10.7. The molecule has 2 N–H and O–H groups in total. The molecule has 3 nitrogen and oxygen atoms in total. The quantitative estimate of drug-likeness (QED) is 0.682. The van der Waals surface area contributed by atoms with Gasteiger partial charge in [-0.05, 0) is 42.3 Å². The van der Waals surface area contributed by atoms with Gasteiger partial charge in [-0.15, -0.1) is 0 Å². The SMILES string of the molecule is C/C=C/c1ccc(OC(=O)c2ccc(CN)cc2)cc1. The van der Waals surface area contributed by atoms with Crippen LogP contribution in [0.3, 0.4) is 0 Å². The highest BCUT2D eigenvalue weighted by molar-refractivity contribution is 5.91. The highest BCUT2D eigenvalue weighted by Crippen LogP contribution is 2.15. The van der Waals surface area contributed by atoms with Crippen LogP contribution in [0.5, 0.6) is 5.75 Å². The van der Waals surface area contributed by atoms with Crippen molar-refractivity contribution in [1.29, 1.82) is 0 Å². The minimum absolute atomic E-state index is 0.368. The lowest BCUT2D eigenvalue weighted by Gasteiger charge is -2.05. The summed E-state index contributed by atoms with van der Waals surface area (Å²) in [6.45, 7) is 2.42. The Balaban J connectivity index is 2.06. The zero-order valence-electron chi connectivity index (χ0n) is 11.4. The van der Waals surface area contributed by atoms with Crippen LogP contribution in [0.25, 0.3) is 6.08 Å². The van der Waals surface area contributed by atoms with Crippen LogP contribution in [0, 0.1) is 0 Å². The summed E-state index contributed by atoms with van der Waals surface area (Å²) in [5, 5.41) is 0. The van der Waals surface area contributed by atoms with Crippen LogP contribution in [0.2, 0.25) is 0 Å². The van der Waals surface area contributed by atoms with Gasteiger partial charge in [-0.2, -0.15) is 0 Å². The fraction of sp³-hybridized carbons (Fsp3) is 0.118. The van der Waals surface area contributed by atoms with Gasteiger partial charge in [0.05, 0.1) is 5.56 Å². The summed E-state index contributed by atoms with van der Waals surface area (Å²) < 4.78 is 5.31. The molecule has 2 rings (SSSR count). The van der Waals surface area contributed by atoms with E-state index in [1.165, 1.54) is 0 Å². The van der Waals surface area contributed by atoms with Crippen LogP contribution in [0.1, 0.15) is 28.4 Å². The van der Waals surface area contributed by atoms with E-state index in [4.69, 9.17) is 10.5 Å². The smallest absolute Gasteiger partial charge is 0.343 e. The van der Waals surface area contributed by atoms with Gasteiger partial charge in [-0.1, -0.05) is 36.4 Å². The zero-order chi connectivity index (χ0) is 14.4. The van der Waals surface area contributed by atoms with Crippen molar-refractivity contribution < 1.29 is 9.53 Å². The second-order valence-electron chi connectivity index (χ2n) is 4.36. The molecule has 0 aliphatic carbocycles. The number of carbonyl (C=O) groups excluding carboxylic acids is 1. The third-order valence-electron chi connectivity index (χ3n) is 2.88. The summed E-state index contributed by atoms with van der Waals surface area (Å²) >= 11 is 0. The average Bonchev–Trinajstić information content (AvgIpc) is 2.49. The average molecular weight is 267 g/mol. The maximum absolute atomic E-state index is 12.0. The first-order chi connectivity index (χ1) is 9.72. The van der Waals surface area contributed by atoms with Crippen LogP contribution >= 0.6 is 0 Å². The molecule has 2 aromatic rings. The number of carbonyl (C=O) groups is 1. The summed E-state index contributed by atoms with van der Waals surface area (Å²) in [7, 11) is 0. The Bertz CT molecular complexity index is 598. The zero-order valence-corrected chi connectivity index (χ0v) is 11.4. The molecule has 0 bridgehead atoms. The van der Waals surface area contributed by atoms with Gasteiger partial charge in [-0.3, -0.25) is 0 Å². The number of ether oxygens (including phenoxy) is 1. The van der Waals surface area contributed by atoms with E-state index in [9.17, 15) is 4.79 Å². The van der Waals surface area contributed by atoms with Crippen molar-refractivity contribution >= 4 is 12.0 Å². The fourth-order valence-electron chi connectivity index (χ4n) is 1.78. The molecular weight excluding hydrogens is 250 g/mol. The molecule has 0 saturated heterocycles. The highest BCUT2D eigenvalue weighted by Gasteiger charge is 2.08. The Morgan fingerprint density at radius 1 is 1.10 bits per heavy atom. The van der Waals surface area contributed by atoms with E-state index >= 15 is 0 Å². The van der Waals surface area contributed by atoms with Crippen LogP contribution < -0.4 is 10.5 Å². The second kappa shape index (κ2) is 6.68. The third-order valence-corrected chi connectivity index (χ3v) is 2.88. The molecule has 0 radical (unpaired) electrons. The van der Waals surface area contributed by atoms with Crippen molar-refractivity contribution in [2.75, 3.05) is 0 Å². The lowest BCUT2D eigenvalue weighted by molar-refractivity contribution is 0.0735. The van der Waals surface area contributed by atoms with Crippen molar-refractivity contribution in [1.82, 2.24) is 0 Å². The summed E-state index contributed by atoms with van der Waals surface area (Å²) in [6, 6.07) is 14.5. The predicted molar refractivity (Wildman–Crippen MR) is 80.4 cm³/mol. The molecular formula is C17H17NO2. The first kappa shape index (κ1) is 14.0. The summed E-state index contributed by atoms with van der Waals surface area (Å²) in [5.74, 6) is 0.165. The number of rotatable bonds is 4. The Morgan fingerprint density at radius 2 is 1.75 bits per heavy atom. The van der Waals surface area contributed by atoms with E-state index in [1.54, 1.807) is 24.3 Å². The fourth-order valence-corrected chi connectivity index (χ4v) is 1.78. The van der Waals surface area contributed by atoms with E-state index in [0.717, 1.165) is 11.1 Å². The molecule has 0 spiro atoms. The lowest BCUT2D eigenvalue weighted by atomic mass is 10.1. The third kappa shape index (κ3) is 3.56. The minimum Gasteiger partial charge on any atom is -0.423 e. The molecule has 20 heavy (non-hydrogen) atoms. The Labute approximate surface area is 118 Å². The van der Waals surface area contributed by atoms with Crippen molar-refractivity contribution in [3.63, 3.8) is 0 Å². The van der Waals surface area contributed by atoms with Crippen LogP contribution in [-0.4, -0.2) is 5.97 Å². The molecule has 0 aromatic heterocycles. The van der Waals surface area contributed by atoms with Gasteiger partial charge in [0.1, 0.15) is 5.75 Å². The lowest BCUT2D eigenvalue weighted by Crippen LogP contribution is -2.08. The Morgan fingerprint density at radius 3 is 2.30 bits per heavy atom. The number of hydrogen-bond donors (Lipinski definition) is 1. The Kier molecular flexibility index (Phi) is 4.69. The molecule has 102 valence electrons. The standard InChI is InChI=1S/C17H17NO2/c1-2-3-13-6-10-16(11-7-13)20-17(19)15-8-4-14(12-18)5-9-15/h2-11H,12,18H2,1H3/b3-2+. The van der Waals surface area contributed by atoms with Crippen molar-refractivity contribution in [3.05, 3.63) is 71.3 Å². The molecule has 0 amide bonds. The molecule has 0 fully saturated rings. The van der Waals surface area contributed by atoms with Gasteiger partial charge in [-0.25, -0.2) is 4.79 Å². The number of hydrogen-bond acceptors (Lipinski definition) is 3. The molecule has 0 heterocycles. The van der Waals surface area contributed by atoms with Crippen molar-refractivity contribution in [2.45, 2.75) is 13.5 Å². The number of nitrogens with two attached hydrogens (primary N) is 1. The van der Waals surface area contributed by atoms with Crippen molar-refractivity contribution in [2.24, 2.45) is 5.73 Å². The monoisotopic (exact) mass is 267 g/mol. The highest BCUT2D eigenvalue weighted by atomic mass is 16.5. The van der Waals surface area contributed by atoms with Gasteiger partial charge < -0.3 is 10.5 Å². The van der Waals surface area contributed by atoms with Gasteiger partial charge in [0.25, 0.3) is 0 Å². The van der Waals surface area contributed by atoms with Gasteiger partial charge in [0.2, 0.25) is 0 Å². The summed E-state index contributed by atoms with van der Waals surface area (Å²) in [5.41, 5.74) is 8.08. The van der Waals surface area contributed by atoms with E-state index in [2.05, 4.69) is 0 Å². The molecule has 0 unspecified atom stereocenters. The van der Waals surface area contributed by atoms with E-state index in [-0.39, 0.29) is 5.97 Å². The first-order valence-electron chi connectivity index (χ1n) is 6.47. The first-order valence-corrected chi connectivity index (χ1v) is 6.47. The Hall–Kier alpha value is -2.39. The van der Waals surface area contributed by atoms with E-state index in [1.807, 2.05) is 43.3 Å². The van der Waals surface area contributed by atoms with Gasteiger partial charge in [0.15, 0.2) is 0 Å². The predicted octanol–water partition coefficient (Wildman–Crippen LogP) is 3.40. The molecule has 2 aromatic carbocycles. The maximum atomic E-state index is 12.0. The topological polar surface area (TPSA) is 52.3 Å². The maximum Gasteiger partial charge on any atom is 0.343 e. The molecule has 3 heteroatoms.